The lowest BCUT2D eigenvalue weighted by Crippen LogP contribution is -2.29. The minimum absolute atomic E-state index is 0.160. The third-order valence-corrected chi connectivity index (χ3v) is 6.91. The normalized spacial score (nSPS) is 17.3. The molecule has 0 saturated carbocycles. The Balaban J connectivity index is 1.95. The van der Waals surface area contributed by atoms with E-state index in [-0.39, 0.29) is 21.7 Å². The lowest BCUT2D eigenvalue weighted by molar-refractivity contribution is -0.132. The maximum Gasteiger partial charge on any atom is 0.300 e. The van der Waals surface area contributed by atoms with Crippen LogP contribution in [0.25, 0.3) is 5.76 Å². The number of ether oxygens (including phenoxy) is 2. The van der Waals surface area contributed by atoms with Gasteiger partial charge < -0.3 is 14.6 Å². The van der Waals surface area contributed by atoms with Gasteiger partial charge in [-0.25, -0.2) is 13.6 Å². The molecular formula is C25H21ClN2O7S. The standard InChI is InChI=1S/C25H21ClN2O7S/c1-34-19-12-5-15(13-20(19)35-2)22-21(23(29)14-3-6-16(26)7-4-14)24(30)25(31)28(22)17-8-10-18(11-9-17)36(27,32)33/h3-13,22,29H,1-2H3,(H2,27,32,33)/b23-21+/t22-/m1/s1. The van der Waals surface area contributed by atoms with E-state index in [1.54, 1.807) is 30.3 Å². The Morgan fingerprint density at radius 3 is 2.11 bits per heavy atom. The Bertz CT molecular complexity index is 1480. The molecular weight excluding hydrogens is 508 g/mol. The smallest absolute Gasteiger partial charge is 0.300 e. The van der Waals surface area contributed by atoms with Crippen molar-refractivity contribution in [1.82, 2.24) is 0 Å². The number of halogens is 1. The van der Waals surface area contributed by atoms with E-state index < -0.39 is 33.5 Å². The van der Waals surface area contributed by atoms with E-state index >= 15 is 0 Å². The highest BCUT2D eigenvalue weighted by Gasteiger charge is 2.47. The number of primary sulfonamides is 1. The van der Waals surface area contributed by atoms with Crippen LogP contribution in [0.5, 0.6) is 11.5 Å². The maximum absolute atomic E-state index is 13.3. The van der Waals surface area contributed by atoms with E-state index in [1.807, 2.05) is 0 Å². The molecule has 186 valence electrons. The summed E-state index contributed by atoms with van der Waals surface area (Å²) in [6.45, 7) is 0. The van der Waals surface area contributed by atoms with E-state index in [0.29, 0.717) is 22.1 Å². The topological polar surface area (TPSA) is 136 Å². The molecule has 0 unspecified atom stereocenters. The van der Waals surface area contributed by atoms with Crippen LogP contribution in [0, 0.1) is 0 Å². The number of amides is 1. The Morgan fingerprint density at radius 2 is 1.56 bits per heavy atom. The number of methoxy groups -OCH3 is 2. The zero-order valence-corrected chi connectivity index (χ0v) is 20.7. The number of ketones is 1. The fourth-order valence-electron chi connectivity index (χ4n) is 4.00. The summed E-state index contributed by atoms with van der Waals surface area (Å²) in [6.07, 6.45) is 0. The van der Waals surface area contributed by atoms with Crippen molar-refractivity contribution in [3.63, 3.8) is 0 Å². The molecule has 36 heavy (non-hydrogen) atoms. The van der Waals surface area contributed by atoms with Gasteiger partial charge in [0.1, 0.15) is 5.76 Å². The maximum atomic E-state index is 13.3. The number of Topliss-reactive ketones (excluding diaryl/α,β-unsaturated/α-hetero) is 1. The summed E-state index contributed by atoms with van der Waals surface area (Å²) in [5, 5.41) is 16.8. The van der Waals surface area contributed by atoms with E-state index in [2.05, 4.69) is 0 Å². The minimum Gasteiger partial charge on any atom is -0.507 e. The molecule has 1 amide bonds. The molecule has 1 fully saturated rings. The number of aliphatic hydroxyl groups excluding tert-OH is 1. The molecule has 9 nitrogen and oxygen atoms in total. The summed E-state index contributed by atoms with van der Waals surface area (Å²) in [4.78, 5) is 27.5. The van der Waals surface area contributed by atoms with Crippen molar-refractivity contribution in [2.75, 3.05) is 19.1 Å². The van der Waals surface area contributed by atoms with Gasteiger partial charge >= 0.3 is 0 Å². The predicted molar refractivity (Wildman–Crippen MR) is 134 cm³/mol. The van der Waals surface area contributed by atoms with E-state index in [0.717, 1.165) is 0 Å². The van der Waals surface area contributed by atoms with E-state index in [4.69, 9.17) is 26.2 Å². The fourth-order valence-corrected chi connectivity index (χ4v) is 4.64. The number of hydrogen-bond donors (Lipinski definition) is 2. The average Bonchev–Trinajstić information content (AvgIpc) is 3.13. The lowest BCUT2D eigenvalue weighted by atomic mass is 9.94. The second-order valence-electron chi connectivity index (χ2n) is 7.83. The molecule has 1 saturated heterocycles. The number of aliphatic hydroxyl groups is 1. The lowest BCUT2D eigenvalue weighted by Gasteiger charge is -2.26. The van der Waals surface area contributed by atoms with Gasteiger partial charge in [-0.05, 0) is 66.2 Å². The molecule has 1 heterocycles. The molecule has 0 spiro atoms. The van der Waals surface area contributed by atoms with E-state index in [9.17, 15) is 23.1 Å². The molecule has 3 N–H and O–H groups in total. The number of benzene rings is 3. The zero-order chi connectivity index (χ0) is 26.2. The van der Waals surface area contributed by atoms with Gasteiger partial charge in [-0.2, -0.15) is 0 Å². The molecule has 3 aromatic rings. The van der Waals surface area contributed by atoms with Crippen molar-refractivity contribution >= 4 is 44.8 Å². The number of rotatable bonds is 6. The molecule has 0 aromatic heterocycles. The van der Waals surface area contributed by atoms with Crippen LogP contribution < -0.4 is 19.5 Å². The van der Waals surface area contributed by atoms with Gasteiger partial charge in [0.15, 0.2) is 11.5 Å². The summed E-state index contributed by atoms with van der Waals surface area (Å²) in [7, 11) is -1.06. The second kappa shape index (κ2) is 9.65. The summed E-state index contributed by atoms with van der Waals surface area (Å²) < 4.78 is 34.1. The predicted octanol–water partition coefficient (Wildman–Crippen LogP) is 3.63. The molecule has 0 radical (unpaired) electrons. The van der Waals surface area contributed by atoms with Crippen molar-refractivity contribution < 1.29 is 32.6 Å². The Morgan fingerprint density at radius 1 is 0.944 bits per heavy atom. The van der Waals surface area contributed by atoms with Crippen LogP contribution in [-0.4, -0.2) is 39.4 Å². The van der Waals surface area contributed by atoms with Crippen LogP contribution >= 0.6 is 11.6 Å². The van der Waals surface area contributed by atoms with Crippen LogP contribution in [0.15, 0.2) is 77.2 Å². The summed E-state index contributed by atoms with van der Waals surface area (Å²) in [5.41, 5.74) is 0.787. The van der Waals surface area contributed by atoms with Crippen LogP contribution in [0.2, 0.25) is 5.02 Å². The first-order valence-electron chi connectivity index (χ1n) is 10.5. The number of carbonyl (C=O) groups is 2. The summed E-state index contributed by atoms with van der Waals surface area (Å²) in [6, 6.07) is 15.1. The van der Waals surface area contributed by atoms with Gasteiger partial charge in [0, 0.05) is 16.3 Å². The van der Waals surface area contributed by atoms with Crippen LogP contribution in [0.4, 0.5) is 5.69 Å². The monoisotopic (exact) mass is 528 g/mol. The SMILES string of the molecule is COc1ccc([C@@H]2/C(=C(\O)c3ccc(Cl)cc3)C(=O)C(=O)N2c2ccc(S(N)(=O)=O)cc2)cc1OC. The Hall–Kier alpha value is -3.86. The number of anilines is 1. The fraction of sp³-hybridized carbons (Fsp3) is 0.120. The number of sulfonamides is 1. The third-order valence-electron chi connectivity index (χ3n) is 5.73. The second-order valence-corrected chi connectivity index (χ2v) is 9.83. The molecule has 11 heteroatoms. The van der Waals surface area contributed by atoms with Crippen LogP contribution in [-0.2, 0) is 19.6 Å². The largest absolute Gasteiger partial charge is 0.507 e. The van der Waals surface area contributed by atoms with Crippen molar-refractivity contribution in [3.05, 3.63) is 88.5 Å². The quantitative estimate of drug-likeness (QED) is 0.283. The molecule has 0 bridgehead atoms. The molecule has 1 aliphatic rings. The van der Waals surface area contributed by atoms with Crippen molar-refractivity contribution in [1.29, 1.82) is 0 Å². The number of nitrogens with two attached hydrogens (primary N) is 1. The average molecular weight is 529 g/mol. The first-order valence-corrected chi connectivity index (χ1v) is 12.4. The first kappa shape index (κ1) is 25.2. The number of nitrogens with zero attached hydrogens (tertiary/aromatic N) is 1. The van der Waals surface area contributed by atoms with Crippen LogP contribution in [0.1, 0.15) is 17.2 Å². The summed E-state index contributed by atoms with van der Waals surface area (Å²) >= 11 is 5.96. The van der Waals surface area contributed by atoms with Gasteiger partial charge in [0.2, 0.25) is 10.0 Å². The molecule has 1 atom stereocenters. The number of hydrogen-bond acceptors (Lipinski definition) is 7. The highest BCUT2D eigenvalue weighted by Crippen LogP contribution is 2.44. The van der Waals surface area contributed by atoms with Gasteiger partial charge in [-0.3, -0.25) is 14.5 Å². The van der Waals surface area contributed by atoms with Gasteiger partial charge in [-0.15, -0.1) is 0 Å². The van der Waals surface area contributed by atoms with Gasteiger partial charge in [0.25, 0.3) is 11.7 Å². The highest BCUT2D eigenvalue weighted by molar-refractivity contribution is 7.89. The van der Waals surface area contributed by atoms with Gasteiger partial charge in [0.05, 0.1) is 30.7 Å². The van der Waals surface area contributed by atoms with E-state index in [1.165, 1.54) is 55.5 Å². The Labute approximate surface area is 212 Å². The number of carbonyl (C=O) groups excluding carboxylic acids is 2. The van der Waals surface area contributed by atoms with Gasteiger partial charge in [-0.1, -0.05) is 17.7 Å². The van der Waals surface area contributed by atoms with Crippen molar-refractivity contribution in [2.24, 2.45) is 5.14 Å². The summed E-state index contributed by atoms with van der Waals surface area (Å²) in [5.74, 6) is -1.45. The first-order chi connectivity index (χ1) is 17.1. The van der Waals surface area contributed by atoms with Crippen molar-refractivity contribution in [2.45, 2.75) is 10.9 Å². The molecule has 3 aromatic carbocycles. The molecule has 4 rings (SSSR count). The molecule has 0 aliphatic carbocycles. The Kier molecular flexibility index (Phi) is 6.77. The van der Waals surface area contributed by atoms with Crippen LogP contribution in [0.3, 0.4) is 0 Å². The highest BCUT2D eigenvalue weighted by atomic mass is 35.5. The van der Waals surface area contributed by atoms with Crippen molar-refractivity contribution in [3.8, 4) is 11.5 Å². The zero-order valence-electron chi connectivity index (χ0n) is 19.1. The molecule has 1 aliphatic heterocycles. The third kappa shape index (κ3) is 4.53. The minimum atomic E-state index is -3.97.